The van der Waals surface area contributed by atoms with E-state index in [1.165, 1.54) is 5.56 Å². The van der Waals surface area contributed by atoms with Gasteiger partial charge in [-0.3, -0.25) is 4.79 Å². The van der Waals surface area contributed by atoms with Crippen molar-refractivity contribution in [1.29, 1.82) is 0 Å². The van der Waals surface area contributed by atoms with Crippen LogP contribution in [0.2, 0.25) is 0 Å². The molecular formula is C16H18N2O3. The largest absolute Gasteiger partial charge is 0.491 e. The van der Waals surface area contributed by atoms with Crippen molar-refractivity contribution in [3.63, 3.8) is 0 Å². The third-order valence-electron chi connectivity index (χ3n) is 2.88. The van der Waals surface area contributed by atoms with Gasteiger partial charge in [-0.2, -0.15) is 0 Å². The molecule has 0 spiro atoms. The minimum Gasteiger partial charge on any atom is -0.491 e. The molecule has 2 aromatic carbocycles. The van der Waals surface area contributed by atoms with Crippen LogP contribution in [0.4, 0.5) is 0 Å². The summed E-state index contributed by atoms with van der Waals surface area (Å²) in [7, 11) is 0. The number of hydrogen-bond donors (Lipinski definition) is 2. The molecule has 1 atom stereocenters. The van der Waals surface area contributed by atoms with Crippen molar-refractivity contribution in [3.8, 4) is 17.2 Å². The van der Waals surface area contributed by atoms with E-state index >= 15 is 0 Å². The Morgan fingerprint density at radius 3 is 2.00 bits per heavy atom. The molecule has 21 heavy (non-hydrogen) atoms. The predicted molar refractivity (Wildman–Crippen MR) is 80.4 cm³/mol. The third-order valence-corrected chi connectivity index (χ3v) is 2.88. The Balaban J connectivity index is 1.92. The number of carbonyl (C=O) groups is 1. The van der Waals surface area contributed by atoms with Crippen molar-refractivity contribution in [2.45, 2.75) is 13.0 Å². The van der Waals surface area contributed by atoms with Crippen molar-refractivity contribution in [2.24, 2.45) is 11.5 Å². The summed E-state index contributed by atoms with van der Waals surface area (Å²) in [4.78, 5) is 10.8. The topological polar surface area (TPSA) is 87.6 Å². The average Bonchev–Trinajstić information content (AvgIpc) is 2.48. The van der Waals surface area contributed by atoms with Gasteiger partial charge in [0.15, 0.2) is 0 Å². The quantitative estimate of drug-likeness (QED) is 0.850. The van der Waals surface area contributed by atoms with Crippen molar-refractivity contribution in [1.82, 2.24) is 0 Å². The van der Waals surface area contributed by atoms with Crippen LogP contribution in [-0.4, -0.2) is 18.6 Å². The molecule has 0 aliphatic carbocycles. The van der Waals surface area contributed by atoms with Crippen LogP contribution in [0.3, 0.4) is 0 Å². The zero-order valence-electron chi connectivity index (χ0n) is 11.8. The summed E-state index contributed by atoms with van der Waals surface area (Å²) < 4.78 is 11.1. The lowest BCUT2D eigenvalue weighted by molar-refractivity contribution is -0.119. The Kier molecular flexibility index (Phi) is 4.79. The molecule has 2 aromatic rings. The molecule has 2 rings (SSSR count). The monoisotopic (exact) mass is 286 g/mol. The fourth-order valence-corrected chi connectivity index (χ4v) is 1.61. The number of primary amides is 1. The normalized spacial score (nSPS) is 11.7. The van der Waals surface area contributed by atoms with E-state index in [0.717, 1.165) is 5.75 Å². The van der Waals surface area contributed by atoms with Gasteiger partial charge in [0, 0.05) is 0 Å². The molecule has 0 bridgehead atoms. The van der Waals surface area contributed by atoms with Crippen LogP contribution in [0.1, 0.15) is 5.56 Å². The molecule has 110 valence electrons. The second-order valence-corrected chi connectivity index (χ2v) is 4.71. The molecule has 4 N–H and O–H groups in total. The van der Waals surface area contributed by atoms with E-state index in [9.17, 15) is 4.79 Å². The number of amides is 1. The first-order chi connectivity index (χ1) is 10.0. The number of carbonyl (C=O) groups excluding carboxylic acids is 1. The van der Waals surface area contributed by atoms with Gasteiger partial charge in [-0.25, -0.2) is 0 Å². The number of benzene rings is 2. The van der Waals surface area contributed by atoms with Gasteiger partial charge in [0.05, 0.1) is 0 Å². The van der Waals surface area contributed by atoms with Crippen LogP contribution >= 0.6 is 0 Å². The van der Waals surface area contributed by atoms with Gasteiger partial charge in [-0.1, -0.05) is 17.7 Å². The van der Waals surface area contributed by atoms with Crippen LogP contribution in [-0.2, 0) is 4.79 Å². The standard InChI is InChI=1S/C16H18N2O3/c1-11-2-4-13(5-3-11)21-14-8-6-12(7-9-14)20-10-15(17)16(18)19/h2-9,15H,10,17H2,1H3,(H2,18,19). The molecule has 0 aliphatic rings. The van der Waals surface area contributed by atoms with Gasteiger partial charge >= 0.3 is 0 Å². The molecule has 5 heteroatoms. The molecule has 5 nitrogen and oxygen atoms in total. The SMILES string of the molecule is Cc1ccc(Oc2ccc(OCC(N)C(N)=O)cc2)cc1. The molecule has 0 aromatic heterocycles. The van der Waals surface area contributed by atoms with E-state index in [-0.39, 0.29) is 6.61 Å². The lowest BCUT2D eigenvalue weighted by atomic mass is 10.2. The predicted octanol–water partition coefficient (Wildman–Crippen LogP) is 1.98. The number of hydrogen-bond acceptors (Lipinski definition) is 4. The van der Waals surface area contributed by atoms with E-state index in [0.29, 0.717) is 11.5 Å². The van der Waals surface area contributed by atoms with Crippen molar-refractivity contribution >= 4 is 5.91 Å². The number of nitrogens with two attached hydrogens (primary N) is 2. The molecule has 0 saturated heterocycles. The average molecular weight is 286 g/mol. The van der Waals surface area contributed by atoms with Crippen LogP contribution < -0.4 is 20.9 Å². The summed E-state index contributed by atoms with van der Waals surface area (Å²) in [6.45, 7) is 2.07. The highest BCUT2D eigenvalue weighted by molar-refractivity contribution is 5.79. The summed E-state index contributed by atoms with van der Waals surface area (Å²) in [5, 5.41) is 0. The van der Waals surface area contributed by atoms with Gasteiger partial charge < -0.3 is 20.9 Å². The van der Waals surface area contributed by atoms with E-state index in [2.05, 4.69) is 0 Å². The highest BCUT2D eigenvalue weighted by Crippen LogP contribution is 2.24. The Bertz CT molecular complexity index is 594. The fourth-order valence-electron chi connectivity index (χ4n) is 1.61. The second kappa shape index (κ2) is 6.76. The molecule has 1 amide bonds. The van der Waals surface area contributed by atoms with E-state index in [1.54, 1.807) is 24.3 Å². The smallest absolute Gasteiger partial charge is 0.237 e. The van der Waals surface area contributed by atoms with Crippen molar-refractivity contribution in [2.75, 3.05) is 6.61 Å². The maximum atomic E-state index is 10.8. The maximum Gasteiger partial charge on any atom is 0.237 e. The molecule has 0 aliphatic heterocycles. The van der Waals surface area contributed by atoms with Crippen molar-refractivity contribution in [3.05, 3.63) is 54.1 Å². The first-order valence-electron chi connectivity index (χ1n) is 6.57. The highest BCUT2D eigenvalue weighted by atomic mass is 16.5. The number of rotatable bonds is 6. The molecule has 0 radical (unpaired) electrons. The Labute approximate surface area is 123 Å². The van der Waals surface area contributed by atoms with Crippen molar-refractivity contribution < 1.29 is 14.3 Å². The van der Waals surface area contributed by atoms with E-state index in [1.807, 2.05) is 31.2 Å². The molecular weight excluding hydrogens is 268 g/mol. The van der Waals surface area contributed by atoms with Gasteiger partial charge in [-0.05, 0) is 43.3 Å². The lowest BCUT2D eigenvalue weighted by Gasteiger charge is -2.11. The van der Waals surface area contributed by atoms with Crippen LogP contribution in [0.25, 0.3) is 0 Å². The molecule has 0 fully saturated rings. The van der Waals surface area contributed by atoms with Gasteiger partial charge in [0.2, 0.25) is 5.91 Å². The summed E-state index contributed by atoms with van der Waals surface area (Å²) in [5.41, 5.74) is 11.7. The zero-order chi connectivity index (χ0) is 15.2. The number of aryl methyl sites for hydroxylation is 1. The summed E-state index contributed by atoms with van der Waals surface area (Å²) in [6.07, 6.45) is 0. The Morgan fingerprint density at radius 1 is 1.00 bits per heavy atom. The number of ether oxygens (including phenoxy) is 2. The minimum absolute atomic E-state index is 0.0491. The molecule has 0 heterocycles. The summed E-state index contributed by atoms with van der Waals surface area (Å²) >= 11 is 0. The second-order valence-electron chi connectivity index (χ2n) is 4.71. The van der Waals surface area contributed by atoms with Gasteiger partial charge in [0.25, 0.3) is 0 Å². The third kappa shape index (κ3) is 4.50. The first kappa shape index (κ1) is 14.9. The lowest BCUT2D eigenvalue weighted by Crippen LogP contribution is -2.41. The zero-order valence-corrected chi connectivity index (χ0v) is 11.8. The highest BCUT2D eigenvalue weighted by Gasteiger charge is 2.09. The van der Waals surface area contributed by atoms with Gasteiger partial charge in [0.1, 0.15) is 29.9 Å². The summed E-state index contributed by atoms with van der Waals surface area (Å²) in [5.74, 6) is 1.48. The summed E-state index contributed by atoms with van der Waals surface area (Å²) in [6, 6.07) is 14.0. The molecule has 0 saturated carbocycles. The van der Waals surface area contributed by atoms with Gasteiger partial charge in [-0.15, -0.1) is 0 Å². The fraction of sp³-hybridized carbons (Fsp3) is 0.188. The Hall–Kier alpha value is -2.53. The minimum atomic E-state index is -0.812. The molecule has 1 unspecified atom stereocenters. The van der Waals surface area contributed by atoms with Crippen LogP contribution in [0.5, 0.6) is 17.2 Å². The van der Waals surface area contributed by atoms with E-state index in [4.69, 9.17) is 20.9 Å². The van der Waals surface area contributed by atoms with Crippen LogP contribution in [0.15, 0.2) is 48.5 Å². The van der Waals surface area contributed by atoms with Crippen LogP contribution in [0, 0.1) is 6.92 Å². The maximum absolute atomic E-state index is 10.8. The van der Waals surface area contributed by atoms with E-state index < -0.39 is 11.9 Å². The first-order valence-corrected chi connectivity index (χ1v) is 6.57. The Morgan fingerprint density at radius 2 is 1.48 bits per heavy atom.